The van der Waals surface area contributed by atoms with E-state index in [1.807, 2.05) is 4.90 Å². The van der Waals surface area contributed by atoms with Crippen LogP contribution >= 0.6 is 0 Å². The van der Waals surface area contributed by atoms with E-state index in [0.29, 0.717) is 24.7 Å². The van der Waals surface area contributed by atoms with Gasteiger partial charge in [-0.15, -0.1) is 0 Å². The molecule has 0 radical (unpaired) electrons. The number of hydrogen-bond donors (Lipinski definition) is 1. The number of aromatic nitrogens is 1. The zero-order valence-corrected chi connectivity index (χ0v) is 11.8. The number of rotatable bonds is 5. The molecule has 0 aromatic carbocycles. The summed E-state index contributed by atoms with van der Waals surface area (Å²) in [5, 5.41) is 2.83. The first kappa shape index (κ1) is 14.5. The van der Waals surface area contributed by atoms with Crippen molar-refractivity contribution in [2.24, 2.45) is 0 Å². The van der Waals surface area contributed by atoms with Crippen LogP contribution in [0.15, 0.2) is 24.5 Å². The molecule has 1 N–H and O–H groups in total. The Balaban J connectivity index is 1.81. The summed E-state index contributed by atoms with van der Waals surface area (Å²) < 4.78 is 0. The maximum atomic E-state index is 11.9. The van der Waals surface area contributed by atoms with Crippen molar-refractivity contribution in [3.63, 3.8) is 0 Å². The fourth-order valence-electron chi connectivity index (χ4n) is 2.70. The molecule has 0 atom stereocenters. The number of carbonyl (C=O) groups excluding carboxylic acids is 2. The maximum Gasteiger partial charge on any atom is 0.252 e. The molecular formula is C15H21N3O2. The first-order valence-electron chi connectivity index (χ1n) is 7.14. The zero-order chi connectivity index (χ0) is 14.4. The highest BCUT2D eigenvalue weighted by molar-refractivity contribution is 5.93. The van der Waals surface area contributed by atoms with Crippen molar-refractivity contribution in [2.45, 2.75) is 38.6 Å². The Kier molecular flexibility index (Phi) is 5.09. The molecule has 5 heteroatoms. The van der Waals surface area contributed by atoms with Gasteiger partial charge in [-0.3, -0.25) is 14.6 Å². The third-order valence-corrected chi connectivity index (χ3v) is 3.73. The van der Waals surface area contributed by atoms with E-state index in [1.54, 1.807) is 25.3 Å². The van der Waals surface area contributed by atoms with E-state index in [2.05, 4.69) is 10.3 Å². The SMILES string of the molecule is CC(=O)N(CCNC(=O)c1cccnc1)C1CCCC1. The average molecular weight is 275 g/mol. The van der Waals surface area contributed by atoms with Gasteiger partial charge in [0.25, 0.3) is 5.91 Å². The van der Waals surface area contributed by atoms with Crippen molar-refractivity contribution in [2.75, 3.05) is 13.1 Å². The summed E-state index contributed by atoms with van der Waals surface area (Å²) in [5.74, 6) is -0.0550. The Morgan fingerprint density at radius 1 is 1.40 bits per heavy atom. The molecular weight excluding hydrogens is 254 g/mol. The minimum Gasteiger partial charge on any atom is -0.350 e. The second kappa shape index (κ2) is 7.03. The largest absolute Gasteiger partial charge is 0.350 e. The van der Waals surface area contributed by atoms with E-state index in [-0.39, 0.29) is 11.8 Å². The highest BCUT2D eigenvalue weighted by Crippen LogP contribution is 2.23. The van der Waals surface area contributed by atoms with Crippen LogP contribution in [0.5, 0.6) is 0 Å². The lowest BCUT2D eigenvalue weighted by Crippen LogP contribution is -2.42. The van der Waals surface area contributed by atoms with Gasteiger partial charge in [0.2, 0.25) is 5.91 Å². The molecule has 0 spiro atoms. The zero-order valence-electron chi connectivity index (χ0n) is 11.8. The Morgan fingerprint density at radius 2 is 2.15 bits per heavy atom. The molecule has 1 aromatic rings. The topological polar surface area (TPSA) is 62.3 Å². The van der Waals surface area contributed by atoms with Gasteiger partial charge < -0.3 is 10.2 Å². The van der Waals surface area contributed by atoms with Crippen LogP contribution in [0.2, 0.25) is 0 Å². The molecule has 2 amide bonds. The molecule has 1 aromatic heterocycles. The summed E-state index contributed by atoms with van der Waals surface area (Å²) in [5.41, 5.74) is 0.544. The summed E-state index contributed by atoms with van der Waals surface area (Å²) in [4.78, 5) is 29.3. The fraction of sp³-hybridized carbons (Fsp3) is 0.533. The second-order valence-corrected chi connectivity index (χ2v) is 5.15. The standard InChI is InChI=1S/C15H21N3O2/c1-12(19)18(14-6-2-3-7-14)10-9-17-15(20)13-5-4-8-16-11-13/h4-5,8,11,14H,2-3,6-7,9-10H2,1H3,(H,17,20). The second-order valence-electron chi connectivity index (χ2n) is 5.15. The van der Waals surface area contributed by atoms with Crippen LogP contribution in [0.1, 0.15) is 43.0 Å². The van der Waals surface area contributed by atoms with Crippen molar-refractivity contribution in [1.82, 2.24) is 15.2 Å². The van der Waals surface area contributed by atoms with Crippen molar-refractivity contribution in [1.29, 1.82) is 0 Å². The predicted molar refractivity (Wildman–Crippen MR) is 76.2 cm³/mol. The molecule has 0 bridgehead atoms. The Morgan fingerprint density at radius 3 is 2.75 bits per heavy atom. The fourth-order valence-corrected chi connectivity index (χ4v) is 2.70. The first-order chi connectivity index (χ1) is 9.68. The van der Waals surface area contributed by atoms with E-state index in [0.717, 1.165) is 12.8 Å². The normalized spacial score (nSPS) is 15.1. The predicted octanol–water partition coefficient (Wildman–Crippen LogP) is 1.60. The molecule has 108 valence electrons. The van der Waals surface area contributed by atoms with E-state index >= 15 is 0 Å². The van der Waals surface area contributed by atoms with Gasteiger partial charge >= 0.3 is 0 Å². The maximum absolute atomic E-state index is 11.9. The third kappa shape index (κ3) is 3.79. The summed E-state index contributed by atoms with van der Waals surface area (Å²) in [6.45, 7) is 2.65. The summed E-state index contributed by atoms with van der Waals surface area (Å²) >= 11 is 0. The lowest BCUT2D eigenvalue weighted by Gasteiger charge is -2.27. The molecule has 2 rings (SSSR count). The molecule has 1 aliphatic carbocycles. The van der Waals surface area contributed by atoms with E-state index < -0.39 is 0 Å². The van der Waals surface area contributed by atoms with Gasteiger partial charge in [0.05, 0.1) is 5.56 Å². The van der Waals surface area contributed by atoms with Crippen LogP contribution in [0, 0.1) is 0 Å². The number of nitrogens with one attached hydrogen (secondary N) is 1. The average Bonchev–Trinajstić information content (AvgIpc) is 2.97. The smallest absolute Gasteiger partial charge is 0.252 e. The van der Waals surface area contributed by atoms with Gasteiger partial charge in [0.15, 0.2) is 0 Å². The molecule has 5 nitrogen and oxygen atoms in total. The molecule has 1 fully saturated rings. The van der Waals surface area contributed by atoms with Gasteiger partial charge in [0.1, 0.15) is 0 Å². The van der Waals surface area contributed by atoms with Crippen LogP contribution in [-0.4, -0.2) is 40.8 Å². The molecule has 0 saturated heterocycles. The Labute approximate surface area is 119 Å². The van der Waals surface area contributed by atoms with Gasteiger partial charge in [-0.05, 0) is 25.0 Å². The monoisotopic (exact) mass is 275 g/mol. The first-order valence-corrected chi connectivity index (χ1v) is 7.14. The lowest BCUT2D eigenvalue weighted by molar-refractivity contribution is -0.130. The highest BCUT2D eigenvalue weighted by Gasteiger charge is 2.24. The van der Waals surface area contributed by atoms with Crippen LogP contribution in [0.25, 0.3) is 0 Å². The van der Waals surface area contributed by atoms with Crippen molar-refractivity contribution in [3.05, 3.63) is 30.1 Å². The molecule has 1 aliphatic rings. The van der Waals surface area contributed by atoms with Crippen LogP contribution < -0.4 is 5.32 Å². The quantitative estimate of drug-likeness (QED) is 0.888. The number of nitrogens with zero attached hydrogens (tertiary/aromatic N) is 2. The number of carbonyl (C=O) groups is 2. The minimum absolute atomic E-state index is 0.0903. The summed E-state index contributed by atoms with van der Waals surface area (Å²) in [6, 6.07) is 3.81. The van der Waals surface area contributed by atoms with Crippen molar-refractivity contribution in [3.8, 4) is 0 Å². The highest BCUT2D eigenvalue weighted by atomic mass is 16.2. The van der Waals surface area contributed by atoms with Crippen LogP contribution in [0.4, 0.5) is 0 Å². The molecule has 20 heavy (non-hydrogen) atoms. The van der Waals surface area contributed by atoms with Gasteiger partial charge in [-0.25, -0.2) is 0 Å². The van der Waals surface area contributed by atoms with Gasteiger partial charge in [-0.2, -0.15) is 0 Å². The number of pyridine rings is 1. The molecule has 0 unspecified atom stereocenters. The van der Waals surface area contributed by atoms with Gasteiger partial charge in [-0.1, -0.05) is 12.8 Å². The van der Waals surface area contributed by atoms with Crippen molar-refractivity contribution < 1.29 is 9.59 Å². The van der Waals surface area contributed by atoms with Gasteiger partial charge in [0, 0.05) is 38.4 Å². The molecule has 1 heterocycles. The van der Waals surface area contributed by atoms with Crippen molar-refractivity contribution >= 4 is 11.8 Å². The molecule has 1 saturated carbocycles. The Hall–Kier alpha value is -1.91. The molecule has 0 aliphatic heterocycles. The number of amides is 2. The van der Waals surface area contributed by atoms with E-state index in [4.69, 9.17) is 0 Å². The summed E-state index contributed by atoms with van der Waals surface area (Å²) in [7, 11) is 0. The minimum atomic E-state index is -0.145. The Bertz CT molecular complexity index is 455. The summed E-state index contributed by atoms with van der Waals surface area (Å²) in [6.07, 6.45) is 7.71. The third-order valence-electron chi connectivity index (χ3n) is 3.73. The van der Waals surface area contributed by atoms with Crippen LogP contribution in [-0.2, 0) is 4.79 Å². The van der Waals surface area contributed by atoms with Crippen LogP contribution in [0.3, 0.4) is 0 Å². The number of hydrogen-bond acceptors (Lipinski definition) is 3. The van der Waals surface area contributed by atoms with E-state index in [9.17, 15) is 9.59 Å². The van der Waals surface area contributed by atoms with E-state index in [1.165, 1.54) is 19.0 Å². The lowest BCUT2D eigenvalue weighted by atomic mass is 10.2.